The van der Waals surface area contributed by atoms with Crippen LogP contribution in [0.15, 0.2) is 60.7 Å². The van der Waals surface area contributed by atoms with E-state index >= 15 is 0 Å². The van der Waals surface area contributed by atoms with Gasteiger partial charge in [0.05, 0.1) is 11.1 Å². The number of amides is 2. The van der Waals surface area contributed by atoms with Gasteiger partial charge in [-0.2, -0.15) is 0 Å². The molecule has 3 aromatic rings. The van der Waals surface area contributed by atoms with Crippen molar-refractivity contribution in [1.82, 2.24) is 10.8 Å². The van der Waals surface area contributed by atoms with Crippen molar-refractivity contribution in [2.45, 2.75) is 13.0 Å². The molecule has 2 aromatic carbocycles. The third-order valence-electron chi connectivity index (χ3n) is 4.04. The summed E-state index contributed by atoms with van der Waals surface area (Å²) in [6.07, 6.45) is 0. The van der Waals surface area contributed by atoms with E-state index in [4.69, 9.17) is 16.8 Å². The first-order valence-corrected chi connectivity index (χ1v) is 9.39. The second-order valence-corrected chi connectivity index (χ2v) is 7.40. The summed E-state index contributed by atoms with van der Waals surface area (Å²) in [5.41, 5.74) is 4.22. The molecule has 0 radical (unpaired) electrons. The van der Waals surface area contributed by atoms with Gasteiger partial charge in [-0.15, -0.1) is 11.3 Å². The molecule has 0 fully saturated rings. The zero-order chi connectivity index (χ0) is 19.4. The number of hydrogen-bond donors (Lipinski definition) is 3. The minimum absolute atomic E-state index is 0.197. The lowest BCUT2D eigenvalue weighted by molar-refractivity contribution is 0.0711. The molecule has 0 bridgehead atoms. The monoisotopic (exact) mass is 400 g/mol. The van der Waals surface area contributed by atoms with Gasteiger partial charge >= 0.3 is 0 Å². The van der Waals surface area contributed by atoms with Crippen LogP contribution >= 0.6 is 22.9 Å². The van der Waals surface area contributed by atoms with Gasteiger partial charge in [-0.1, -0.05) is 54.1 Å². The highest BCUT2D eigenvalue weighted by molar-refractivity contribution is 7.14. The average Bonchev–Trinajstić information content (AvgIpc) is 3.10. The van der Waals surface area contributed by atoms with Gasteiger partial charge in [0.2, 0.25) is 0 Å². The maximum Gasteiger partial charge on any atom is 0.286 e. The van der Waals surface area contributed by atoms with Crippen LogP contribution in [0.25, 0.3) is 11.1 Å². The molecule has 27 heavy (non-hydrogen) atoms. The van der Waals surface area contributed by atoms with Crippen LogP contribution in [0.3, 0.4) is 0 Å². The molecule has 0 saturated carbocycles. The topological polar surface area (TPSA) is 78.4 Å². The smallest absolute Gasteiger partial charge is 0.286 e. The van der Waals surface area contributed by atoms with Gasteiger partial charge in [0.25, 0.3) is 11.8 Å². The van der Waals surface area contributed by atoms with Crippen LogP contribution in [0.1, 0.15) is 37.9 Å². The van der Waals surface area contributed by atoms with Crippen molar-refractivity contribution >= 4 is 34.8 Å². The van der Waals surface area contributed by atoms with E-state index in [1.54, 1.807) is 30.6 Å². The van der Waals surface area contributed by atoms with E-state index in [-0.39, 0.29) is 21.8 Å². The standard InChI is InChI=1S/C20H17ClN2O3S/c1-12(17-11-16(21)18(27-17)20(25)23-26)22-19(24)15-9-7-14(8-10-15)13-5-3-2-4-6-13/h2-12,26H,1H3,(H,22,24)(H,23,25). The number of nitrogens with one attached hydrogen (secondary N) is 2. The normalized spacial score (nSPS) is 11.7. The molecule has 1 heterocycles. The Hall–Kier alpha value is -2.67. The molecule has 0 spiro atoms. The SMILES string of the molecule is CC(NC(=O)c1ccc(-c2ccccc2)cc1)c1cc(Cl)c(C(=O)NO)s1. The molecule has 2 amide bonds. The lowest BCUT2D eigenvalue weighted by atomic mass is 10.0. The van der Waals surface area contributed by atoms with Gasteiger partial charge in [-0.05, 0) is 36.2 Å². The number of thiophene rings is 1. The Morgan fingerprint density at radius 1 is 1.00 bits per heavy atom. The maximum absolute atomic E-state index is 12.5. The zero-order valence-corrected chi connectivity index (χ0v) is 16.0. The van der Waals surface area contributed by atoms with Crippen molar-refractivity contribution in [1.29, 1.82) is 0 Å². The molecule has 5 nitrogen and oxygen atoms in total. The predicted molar refractivity (Wildman–Crippen MR) is 106 cm³/mol. The summed E-state index contributed by atoms with van der Waals surface area (Å²) in [6, 6.07) is 18.5. The lowest BCUT2D eigenvalue weighted by Gasteiger charge is -2.12. The Bertz CT molecular complexity index is 955. The summed E-state index contributed by atoms with van der Waals surface area (Å²) >= 11 is 7.14. The second kappa shape index (κ2) is 8.35. The van der Waals surface area contributed by atoms with E-state index in [0.29, 0.717) is 10.4 Å². The van der Waals surface area contributed by atoms with Crippen LogP contribution in [-0.2, 0) is 0 Å². The molecule has 0 saturated heterocycles. The quantitative estimate of drug-likeness (QED) is 0.430. The van der Waals surface area contributed by atoms with Gasteiger partial charge in [-0.25, -0.2) is 5.48 Å². The van der Waals surface area contributed by atoms with Gasteiger partial charge in [0, 0.05) is 10.4 Å². The van der Waals surface area contributed by atoms with Crippen LogP contribution in [0.5, 0.6) is 0 Å². The van der Waals surface area contributed by atoms with Crippen molar-refractivity contribution < 1.29 is 14.8 Å². The molecule has 138 valence electrons. The van der Waals surface area contributed by atoms with Gasteiger partial charge in [0.15, 0.2) is 0 Å². The van der Waals surface area contributed by atoms with Crippen molar-refractivity contribution in [3.05, 3.63) is 81.0 Å². The molecule has 3 rings (SSSR count). The van der Waals surface area contributed by atoms with Crippen LogP contribution in [0.2, 0.25) is 5.02 Å². The summed E-state index contributed by atoms with van der Waals surface area (Å²) in [5, 5.41) is 11.9. The molecule has 1 aromatic heterocycles. The molecule has 0 aliphatic rings. The zero-order valence-electron chi connectivity index (χ0n) is 14.4. The summed E-state index contributed by atoms with van der Waals surface area (Å²) in [7, 11) is 0. The Morgan fingerprint density at radius 3 is 2.26 bits per heavy atom. The van der Waals surface area contributed by atoms with Crippen molar-refractivity contribution in [2.24, 2.45) is 0 Å². The van der Waals surface area contributed by atoms with E-state index in [2.05, 4.69) is 5.32 Å². The fraction of sp³-hybridized carbons (Fsp3) is 0.100. The van der Waals surface area contributed by atoms with Crippen LogP contribution in [-0.4, -0.2) is 17.0 Å². The first-order valence-electron chi connectivity index (χ1n) is 8.19. The first-order chi connectivity index (χ1) is 13.0. The number of benzene rings is 2. The summed E-state index contributed by atoms with van der Waals surface area (Å²) in [4.78, 5) is 25.0. The number of halogens is 1. The Balaban J connectivity index is 1.71. The van der Waals surface area contributed by atoms with Gasteiger partial charge in [0.1, 0.15) is 4.88 Å². The minimum Gasteiger partial charge on any atom is -0.345 e. The Labute approximate surface area is 165 Å². The largest absolute Gasteiger partial charge is 0.345 e. The summed E-state index contributed by atoms with van der Waals surface area (Å²) < 4.78 is 0. The number of hydroxylamine groups is 1. The number of rotatable bonds is 5. The Kier molecular flexibility index (Phi) is 5.91. The number of carbonyl (C=O) groups is 2. The van der Waals surface area contributed by atoms with Gasteiger partial charge < -0.3 is 5.32 Å². The van der Waals surface area contributed by atoms with E-state index in [1.165, 1.54) is 0 Å². The third-order valence-corrected chi connectivity index (χ3v) is 5.77. The van der Waals surface area contributed by atoms with Crippen LogP contribution in [0, 0.1) is 0 Å². The van der Waals surface area contributed by atoms with Crippen molar-refractivity contribution in [2.75, 3.05) is 0 Å². The van der Waals surface area contributed by atoms with E-state index in [0.717, 1.165) is 22.5 Å². The summed E-state index contributed by atoms with van der Waals surface area (Å²) in [6.45, 7) is 1.80. The molecular formula is C20H17ClN2O3S. The first kappa shape index (κ1) is 19.1. The minimum atomic E-state index is -0.675. The van der Waals surface area contributed by atoms with E-state index in [9.17, 15) is 9.59 Å². The third kappa shape index (κ3) is 4.36. The molecule has 3 N–H and O–H groups in total. The molecule has 1 unspecified atom stereocenters. The molecular weight excluding hydrogens is 384 g/mol. The fourth-order valence-corrected chi connectivity index (χ4v) is 3.93. The van der Waals surface area contributed by atoms with E-state index in [1.807, 2.05) is 42.5 Å². The van der Waals surface area contributed by atoms with Crippen LogP contribution in [0.4, 0.5) is 0 Å². The number of carbonyl (C=O) groups excluding carboxylic acids is 2. The van der Waals surface area contributed by atoms with Crippen molar-refractivity contribution in [3.63, 3.8) is 0 Å². The molecule has 7 heteroatoms. The molecule has 0 aliphatic heterocycles. The highest BCUT2D eigenvalue weighted by Gasteiger charge is 2.19. The second-order valence-electron chi connectivity index (χ2n) is 5.91. The highest BCUT2D eigenvalue weighted by atomic mass is 35.5. The Morgan fingerprint density at radius 2 is 1.63 bits per heavy atom. The molecule has 0 aliphatic carbocycles. The average molecular weight is 401 g/mol. The van der Waals surface area contributed by atoms with Crippen LogP contribution < -0.4 is 10.8 Å². The molecule has 1 atom stereocenters. The van der Waals surface area contributed by atoms with Crippen molar-refractivity contribution in [3.8, 4) is 11.1 Å². The lowest BCUT2D eigenvalue weighted by Crippen LogP contribution is -2.26. The number of hydrogen-bond acceptors (Lipinski definition) is 4. The fourth-order valence-electron chi connectivity index (χ4n) is 2.60. The maximum atomic E-state index is 12.5. The van der Waals surface area contributed by atoms with Gasteiger partial charge in [-0.3, -0.25) is 14.8 Å². The van der Waals surface area contributed by atoms with E-state index < -0.39 is 5.91 Å². The highest BCUT2D eigenvalue weighted by Crippen LogP contribution is 2.31. The predicted octanol–water partition coefficient (Wildman–Crippen LogP) is 4.68. The summed E-state index contributed by atoms with van der Waals surface area (Å²) in [5.74, 6) is -0.897.